The summed E-state index contributed by atoms with van der Waals surface area (Å²) in [7, 11) is 4.25. The van der Waals surface area contributed by atoms with Crippen LogP contribution in [0.25, 0.3) is 0 Å². The number of Topliss-reactive ketones (excluding diaryl/α,β-unsaturated/α-hetero) is 1. The number of fused-ring (bicyclic) bond motifs is 1. The fourth-order valence-corrected chi connectivity index (χ4v) is 11.5. The van der Waals surface area contributed by atoms with Gasteiger partial charge in [-0.05, 0) is 113 Å². The number of esters is 2. The Labute approximate surface area is 528 Å². The van der Waals surface area contributed by atoms with Crippen molar-refractivity contribution in [3.8, 4) is 5.75 Å². The van der Waals surface area contributed by atoms with Crippen LogP contribution < -0.4 is 26.0 Å². The molecule has 0 radical (unpaired) electrons. The number of cyclic esters (lactones) is 2. The Morgan fingerprint density at radius 3 is 2.12 bits per heavy atom. The predicted octanol–water partition coefficient (Wildman–Crippen LogP) is 3.37. The number of ketones is 1. The summed E-state index contributed by atoms with van der Waals surface area (Å²) in [5.41, 5.74) is 1.33. The fraction of sp³-hybridized carbons (Fsp3) is 0.646. The van der Waals surface area contributed by atoms with Crippen LogP contribution in [0.1, 0.15) is 138 Å². The van der Waals surface area contributed by atoms with Crippen LogP contribution in [0.5, 0.6) is 5.75 Å². The van der Waals surface area contributed by atoms with Gasteiger partial charge < -0.3 is 70.0 Å². The molecule has 0 bridgehead atoms. The number of aliphatic hydroxyl groups excluding tert-OH is 2. The lowest BCUT2D eigenvalue weighted by Crippen LogP contribution is -2.62. The second kappa shape index (κ2) is 34.5. The van der Waals surface area contributed by atoms with Gasteiger partial charge in [-0.3, -0.25) is 43.2 Å². The number of nitrogens with zero attached hydrogens (tertiary/aromatic N) is 4. The van der Waals surface area contributed by atoms with Crippen molar-refractivity contribution in [2.45, 2.75) is 206 Å². The van der Waals surface area contributed by atoms with Gasteiger partial charge in [0.25, 0.3) is 5.91 Å². The summed E-state index contributed by atoms with van der Waals surface area (Å²) in [6.07, 6.45) is -5.67. The highest BCUT2D eigenvalue weighted by molar-refractivity contribution is 6.05. The highest BCUT2D eigenvalue weighted by Gasteiger charge is 2.46. The van der Waals surface area contributed by atoms with Crippen LogP contribution in [0.2, 0.25) is 0 Å². The Kier molecular flexibility index (Phi) is 28.0. The first-order valence-corrected chi connectivity index (χ1v) is 31.5. The van der Waals surface area contributed by atoms with E-state index in [1.54, 1.807) is 52.0 Å². The summed E-state index contributed by atoms with van der Waals surface area (Å²) in [5, 5.41) is 33.1. The summed E-state index contributed by atoms with van der Waals surface area (Å²) in [5.74, 6) is -10.7. The first-order chi connectivity index (χ1) is 42.6. The second-order valence-electron chi connectivity index (χ2n) is 24.8. The third kappa shape index (κ3) is 19.9. The van der Waals surface area contributed by atoms with Crippen LogP contribution in [0.15, 0.2) is 54.6 Å². The van der Waals surface area contributed by atoms with Gasteiger partial charge in [0.1, 0.15) is 60.8 Å². The number of rotatable bonds is 20. The number of carbonyl (C=O) groups is 11. The maximum atomic E-state index is 15.1. The molecule has 25 nitrogen and oxygen atoms in total. The zero-order valence-electron chi connectivity index (χ0n) is 54.3. The van der Waals surface area contributed by atoms with E-state index in [1.165, 1.54) is 56.7 Å². The van der Waals surface area contributed by atoms with Gasteiger partial charge in [-0.2, -0.15) is 0 Å². The molecule has 13 atom stereocenters. The van der Waals surface area contributed by atoms with Crippen LogP contribution in [-0.4, -0.2) is 203 Å². The van der Waals surface area contributed by atoms with Gasteiger partial charge in [-0.25, -0.2) is 9.59 Å². The van der Waals surface area contributed by atoms with Crippen LogP contribution in [0, 0.1) is 23.7 Å². The minimum Gasteiger partial charge on any atom is -0.497 e. The van der Waals surface area contributed by atoms with Crippen LogP contribution >= 0.6 is 0 Å². The van der Waals surface area contributed by atoms with E-state index in [0.717, 1.165) is 10.5 Å². The van der Waals surface area contributed by atoms with Gasteiger partial charge in [0.15, 0.2) is 11.9 Å². The number of benzene rings is 2. The van der Waals surface area contributed by atoms with Gasteiger partial charge in [-0.1, -0.05) is 90.4 Å². The lowest BCUT2D eigenvalue weighted by molar-refractivity contribution is -0.163. The number of amides is 8. The Morgan fingerprint density at radius 1 is 0.833 bits per heavy atom. The number of hydrogen-bond donors (Lipinski definition) is 6. The molecule has 25 heteroatoms. The topological polar surface area (TPSA) is 326 Å². The van der Waals surface area contributed by atoms with E-state index in [2.05, 4.69) is 21.3 Å². The molecular weight excluding hydrogens is 1160 g/mol. The van der Waals surface area contributed by atoms with E-state index < -0.39 is 156 Å². The van der Waals surface area contributed by atoms with Crippen molar-refractivity contribution in [3.63, 3.8) is 0 Å². The average molecular weight is 1260 g/mol. The summed E-state index contributed by atoms with van der Waals surface area (Å²) < 4.78 is 22.7. The molecule has 3 aliphatic heterocycles. The van der Waals surface area contributed by atoms with Crippen molar-refractivity contribution in [2.24, 2.45) is 23.7 Å². The number of alkyl carbamates (subject to hydrolysis) is 1. The highest BCUT2D eigenvalue weighted by atomic mass is 16.6. The molecular formula is C65H96N8O17. The molecule has 3 saturated heterocycles. The molecule has 498 valence electrons. The maximum absolute atomic E-state index is 15.1. The smallest absolute Gasteiger partial charge is 0.407 e. The molecule has 3 heterocycles. The third-order valence-electron chi connectivity index (χ3n) is 17.2. The standard InChI is InChI=1S/C65H96N8O17/c1-13-39(6)53-51(75)35-52(76)90-56(38(4)5)55(77)40(7)57(78)67-46(23-17-18-30-66-65(86)88-36-44-21-15-14-16-22-44)61(82)73-32-20-25-48(73)63(84)71(11)50(34-43-26-28-45(87-12)29-27-43)64(85)89-42(9)54(59(80)68-53)69-58(79)49(33-37(2)3)70(10)62(83)47-24-19-31-72(47)60(81)41(8)74/h14-16,21-22,26-29,37-42,46-51,53-54,56,74-75H,13,17-20,23-25,30-36H2,1-12H3,(H,66,86)(H,67,78)(H,68,80)(H,69,79)/t39-,40+,41-,42+,46-,47?,48-,49+,50-,51-,53+,54-,56-/m0/s1. The predicted molar refractivity (Wildman–Crippen MR) is 329 cm³/mol. The minimum absolute atomic E-state index is 0.0129. The van der Waals surface area contributed by atoms with Gasteiger partial charge >= 0.3 is 18.0 Å². The lowest BCUT2D eigenvalue weighted by Gasteiger charge is -2.36. The molecule has 90 heavy (non-hydrogen) atoms. The summed E-state index contributed by atoms with van der Waals surface area (Å²) >= 11 is 0. The molecule has 0 aromatic heterocycles. The molecule has 6 N–H and O–H groups in total. The van der Waals surface area contributed by atoms with Crippen molar-refractivity contribution in [2.75, 3.05) is 40.8 Å². The van der Waals surface area contributed by atoms with E-state index in [-0.39, 0.29) is 70.7 Å². The summed E-state index contributed by atoms with van der Waals surface area (Å²) in [6, 6.07) is 6.44. The van der Waals surface area contributed by atoms with E-state index in [9.17, 15) is 48.6 Å². The van der Waals surface area contributed by atoms with Crippen LogP contribution in [0.3, 0.4) is 0 Å². The molecule has 0 aliphatic carbocycles. The quantitative estimate of drug-likeness (QED) is 0.0479. The van der Waals surface area contributed by atoms with E-state index in [0.29, 0.717) is 37.0 Å². The first kappa shape index (κ1) is 73.1. The number of carbonyl (C=O) groups excluding carboxylic acids is 11. The van der Waals surface area contributed by atoms with E-state index in [4.69, 9.17) is 18.9 Å². The van der Waals surface area contributed by atoms with Gasteiger partial charge in [0, 0.05) is 40.2 Å². The number of likely N-dealkylation sites (tertiary alicyclic amines) is 1. The minimum atomic E-state index is -1.80. The number of unbranched alkanes of at least 4 members (excludes halogenated alkanes) is 1. The Hall–Kier alpha value is -7.67. The second-order valence-corrected chi connectivity index (χ2v) is 24.8. The molecule has 3 fully saturated rings. The van der Waals surface area contributed by atoms with Gasteiger partial charge in [-0.15, -0.1) is 0 Å². The van der Waals surface area contributed by atoms with Crippen LogP contribution in [0.4, 0.5) is 4.79 Å². The number of likely N-dealkylation sites (N-methyl/N-ethyl adjacent to an activating group) is 2. The average Bonchev–Trinajstić information content (AvgIpc) is 2.02. The summed E-state index contributed by atoms with van der Waals surface area (Å²) in [4.78, 5) is 163. The maximum Gasteiger partial charge on any atom is 0.407 e. The fourth-order valence-electron chi connectivity index (χ4n) is 11.5. The molecule has 3 aliphatic rings. The van der Waals surface area contributed by atoms with E-state index in [1.807, 2.05) is 44.2 Å². The number of hydrogen-bond acceptors (Lipinski definition) is 17. The van der Waals surface area contributed by atoms with Crippen molar-refractivity contribution in [3.05, 3.63) is 65.7 Å². The van der Waals surface area contributed by atoms with Gasteiger partial charge in [0.05, 0.1) is 31.6 Å². The molecule has 0 spiro atoms. The van der Waals surface area contributed by atoms with Crippen molar-refractivity contribution in [1.82, 2.24) is 40.9 Å². The molecule has 2 aromatic carbocycles. The number of aliphatic hydroxyl groups is 2. The monoisotopic (exact) mass is 1260 g/mol. The highest BCUT2D eigenvalue weighted by Crippen LogP contribution is 2.27. The lowest BCUT2D eigenvalue weighted by atomic mass is 9.91. The number of nitrogens with one attached hydrogen (secondary N) is 4. The Balaban J connectivity index is 1.57. The zero-order valence-corrected chi connectivity index (χ0v) is 54.3. The normalized spacial score (nSPS) is 25.5. The Bertz CT molecular complexity index is 2800. The van der Waals surface area contributed by atoms with Crippen molar-refractivity contribution < 1.29 is 81.9 Å². The van der Waals surface area contributed by atoms with Crippen LogP contribution in [-0.2, 0) is 75.2 Å². The van der Waals surface area contributed by atoms with E-state index >= 15 is 14.4 Å². The zero-order chi connectivity index (χ0) is 66.7. The van der Waals surface area contributed by atoms with Crippen molar-refractivity contribution in [1.29, 1.82) is 0 Å². The number of ether oxygens (including phenoxy) is 4. The van der Waals surface area contributed by atoms with Crippen molar-refractivity contribution >= 4 is 65.2 Å². The third-order valence-corrected chi connectivity index (χ3v) is 17.2. The van der Waals surface area contributed by atoms with Gasteiger partial charge in [0.2, 0.25) is 35.4 Å². The Morgan fingerprint density at radius 2 is 1.50 bits per heavy atom. The number of methoxy groups -OCH3 is 1. The SMILES string of the molecule is CC[C@H](C)[C@H]1NC(=O)[C@@H](NC(=O)[C@@H](CC(C)C)N(C)C(=O)C2CCCN2C(=O)[C@H](C)O)[C@@H](C)OC(=O)[C@H](Cc2ccc(OC)cc2)N(C)C(=O)[C@@H]2CCCN2C(=O)[C@H](CCCCNC(=O)OCc2ccccc2)NC(=O)[C@H](C)C(=O)[C@H](C(C)C)OC(=O)C[C@@H]1O. The molecule has 2 aromatic rings. The summed E-state index contributed by atoms with van der Waals surface area (Å²) in [6.45, 7) is 14.7. The molecule has 5 rings (SSSR count). The molecule has 1 unspecified atom stereocenters. The largest absolute Gasteiger partial charge is 0.497 e. The molecule has 8 amide bonds. The first-order valence-electron chi connectivity index (χ1n) is 31.5. The molecule has 0 saturated carbocycles.